The first-order chi connectivity index (χ1) is 13.2. The van der Waals surface area contributed by atoms with Crippen molar-refractivity contribution >= 4 is 17.4 Å². The van der Waals surface area contributed by atoms with E-state index in [1.54, 1.807) is 0 Å². The molecule has 28 heavy (non-hydrogen) atoms. The lowest BCUT2D eigenvalue weighted by Crippen LogP contribution is -2.49. The van der Waals surface area contributed by atoms with E-state index in [1.165, 1.54) is 6.07 Å². The number of piperazine rings is 1. The first kappa shape index (κ1) is 20.1. The minimum atomic E-state index is -4.49. The van der Waals surface area contributed by atoms with Crippen molar-refractivity contribution in [2.75, 3.05) is 42.9 Å². The predicted molar refractivity (Wildman–Crippen MR) is 100 cm³/mol. The molecule has 2 aromatic rings. The van der Waals surface area contributed by atoms with Gasteiger partial charge >= 0.3 is 6.18 Å². The second kappa shape index (κ2) is 8.14. The Morgan fingerprint density at radius 2 is 1.68 bits per heavy atom. The number of hydrogen-bond donors (Lipinski definition) is 1. The Kier molecular flexibility index (Phi) is 5.83. The number of carbonyl (C=O) groups is 1. The second-order valence-electron chi connectivity index (χ2n) is 6.85. The molecule has 150 valence electrons. The molecule has 2 heterocycles. The third kappa shape index (κ3) is 4.78. The third-order valence-electron chi connectivity index (χ3n) is 4.75. The van der Waals surface area contributed by atoms with Gasteiger partial charge in [-0.1, -0.05) is 18.2 Å². The second-order valence-corrected chi connectivity index (χ2v) is 6.85. The van der Waals surface area contributed by atoms with E-state index in [2.05, 4.69) is 15.5 Å². The zero-order valence-electron chi connectivity index (χ0n) is 15.8. The van der Waals surface area contributed by atoms with Crippen LogP contribution in [0.2, 0.25) is 0 Å². The summed E-state index contributed by atoms with van der Waals surface area (Å²) in [7, 11) is 0. The van der Waals surface area contributed by atoms with Crippen LogP contribution in [0, 0.1) is 13.8 Å². The molecule has 1 N–H and O–H groups in total. The first-order valence-corrected chi connectivity index (χ1v) is 8.98. The maximum absolute atomic E-state index is 12.6. The van der Waals surface area contributed by atoms with Gasteiger partial charge in [0.2, 0.25) is 5.91 Å². The van der Waals surface area contributed by atoms with Crippen molar-refractivity contribution in [1.29, 1.82) is 0 Å². The molecule has 0 unspecified atom stereocenters. The van der Waals surface area contributed by atoms with E-state index >= 15 is 0 Å². The fraction of sp³-hybridized carbons (Fsp3) is 0.421. The molecule has 0 saturated carbocycles. The van der Waals surface area contributed by atoms with Gasteiger partial charge in [-0.2, -0.15) is 13.2 Å². The highest BCUT2D eigenvalue weighted by Gasteiger charge is 2.33. The number of carbonyl (C=O) groups excluding carboxylic acids is 1. The molecule has 1 aliphatic heterocycles. The number of alkyl halides is 3. The van der Waals surface area contributed by atoms with E-state index in [1.807, 2.05) is 41.8 Å². The average Bonchev–Trinajstić information content (AvgIpc) is 2.65. The topological polar surface area (TPSA) is 61.4 Å². The van der Waals surface area contributed by atoms with Gasteiger partial charge in [0, 0.05) is 31.9 Å². The summed E-state index contributed by atoms with van der Waals surface area (Å²) >= 11 is 0. The third-order valence-corrected chi connectivity index (χ3v) is 4.75. The van der Waals surface area contributed by atoms with Crippen LogP contribution in [0.4, 0.5) is 24.7 Å². The monoisotopic (exact) mass is 393 g/mol. The smallest absolute Gasteiger partial charge is 0.353 e. The molecule has 1 amide bonds. The van der Waals surface area contributed by atoms with Crippen LogP contribution in [0.3, 0.4) is 0 Å². The number of nitrogens with one attached hydrogen (secondary N) is 1. The Hall–Kier alpha value is -2.68. The average molecular weight is 393 g/mol. The summed E-state index contributed by atoms with van der Waals surface area (Å²) in [6.07, 6.45) is -4.49. The quantitative estimate of drug-likeness (QED) is 0.866. The standard InChI is InChI=1S/C19H22F3N5O/c1-13-4-3-5-14(2)18(13)23-17(28)12-26-8-10-27(11-9-26)16-7-6-15(24-25-16)19(20,21)22/h3-7H,8-12H2,1-2H3,(H,23,28). The maximum atomic E-state index is 12.6. The van der Waals surface area contributed by atoms with Crippen LogP contribution < -0.4 is 10.2 Å². The van der Waals surface area contributed by atoms with Crippen molar-refractivity contribution in [3.05, 3.63) is 47.2 Å². The number of aryl methyl sites for hydroxylation is 2. The number of amides is 1. The lowest BCUT2D eigenvalue weighted by atomic mass is 10.1. The van der Waals surface area contributed by atoms with Crippen LogP contribution in [0.1, 0.15) is 16.8 Å². The molecule has 1 saturated heterocycles. The number of anilines is 2. The molecular formula is C19H22F3N5O. The molecule has 1 aromatic heterocycles. The molecular weight excluding hydrogens is 371 g/mol. The Morgan fingerprint density at radius 1 is 1.04 bits per heavy atom. The van der Waals surface area contributed by atoms with E-state index in [9.17, 15) is 18.0 Å². The molecule has 0 radical (unpaired) electrons. The minimum Gasteiger partial charge on any atom is -0.353 e. The van der Waals surface area contributed by atoms with E-state index in [-0.39, 0.29) is 12.5 Å². The van der Waals surface area contributed by atoms with Crippen molar-refractivity contribution < 1.29 is 18.0 Å². The van der Waals surface area contributed by atoms with Gasteiger partial charge in [0.15, 0.2) is 11.5 Å². The van der Waals surface area contributed by atoms with Crippen LogP contribution in [0.5, 0.6) is 0 Å². The van der Waals surface area contributed by atoms with Crippen LogP contribution in [0.25, 0.3) is 0 Å². The summed E-state index contributed by atoms with van der Waals surface area (Å²) in [5, 5.41) is 9.92. The van der Waals surface area contributed by atoms with Gasteiger partial charge in [-0.25, -0.2) is 0 Å². The van der Waals surface area contributed by atoms with E-state index in [4.69, 9.17) is 0 Å². The molecule has 1 fully saturated rings. The van der Waals surface area contributed by atoms with Gasteiger partial charge in [0.1, 0.15) is 0 Å². The molecule has 0 bridgehead atoms. The van der Waals surface area contributed by atoms with Gasteiger partial charge < -0.3 is 10.2 Å². The van der Waals surface area contributed by atoms with Gasteiger partial charge in [0.05, 0.1) is 6.54 Å². The Balaban J connectivity index is 1.52. The number of hydrogen-bond acceptors (Lipinski definition) is 5. The van der Waals surface area contributed by atoms with Crippen LogP contribution in [-0.4, -0.2) is 53.7 Å². The molecule has 1 aliphatic rings. The lowest BCUT2D eigenvalue weighted by Gasteiger charge is -2.34. The SMILES string of the molecule is Cc1cccc(C)c1NC(=O)CN1CCN(c2ccc(C(F)(F)F)nn2)CC1. The van der Waals surface area contributed by atoms with Gasteiger partial charge in [-0.3, -0.25) is 9.69 Å². The van der Waals surface area contributed by atoms with Crippen LogP contribution >= 0.6 is 0 Å². The Morgan fingerprint density at radius 3 is 2.21 bits per heavy atom. The highest BCUT2D eigenvalue weighted by atomic mass is 19.4. The molecule has 1 aromatic carbocycles. The zero-order valence-corrected chi connectivity index (χ0v) is 15.8. The fourth-order valence-electron chi connectivity index (χ4n) is 3.17. The van der Waals surface area contributed by atoms with Gasteiger partial charge in [0.25, 0.3) is 0 Å². The highest BCUT2D eigenvalue weighted by molar-refractivity contribution is 5.93. The van der Waals surface area contributed by atoms with Crippen molar-refractivity contribution in [2.24, 2.45) is 0 Å². The van der Waals surface area contributed by atoms with Gasteiger partial charge in [-0.05, 0) is 37.1 Å². The summed E-state index contributed by atoms with van der Waals surface area (Å²) in [4.78, 5) is 16.3. The fourth-order valence-corrected chi connectivity index (χ4v) is 3.17. The van der Waals surface area contributed by atoms with E-state index in [0.717, 1.165) is 22.9 Å². The van der Waals surface area contributed by atoms with Crippen molar-refractivity contribution in [3.8, 4) is 0 Å². The molecule has 0 spiro atoms. The normalized spacial score (nSPS) is 15.5. The number of aromatic nitrogens is 2. The maximum Gasteiger partial charge on any atom is 0.435 e. The van der Waals surface area contributed by atoms with E-state index < -0.39 is 11.9 Å². The Bertz CT molecular complexity index is 810. The molecule has 9 heteroatoms. The predicted octanol–water partition coefficient (Wildman–Crippen LogP) is 2.87. The van der Waals surface area contributed by atoms with Crippen molar-refractivity contribution in [3.63, 3.8) is 0 Å². The highest BCUT2D eigenvalue weighted by Crippen LogP contribution is 2.27. The number of benzene rings is 1. The summed E-state index contributed by atoms with van der Waals surface area (Å²) in [6.45, 7) is 6.53. The van der Waals surface area contributed by atoms with E-state index in [0.29, 0.717) is 32.0 Å². The summed E-state index contributed by atoms with van der Waals surface area (Å²) in [5.74, 6) is 0.327. The van der Waals surface area contributed by atoms with Gasteiger partial charge in [-0.15, -0.1) is 10.2 Å². The van der Waals surface area contributed by atoms with Crippen LogP contribution in [-0.2, 0) is 11.0 Å². The minimum absolute atomic E-state index is 0.0832. The van der Waals surface area contributed by atoms with Crippen LogP contribution in [0.15, 0.2) is 30.3 Å². The van der Waals surface area contributed by atoms with Crippen molar-refractivity contribution in [1.82, 2.24) is 15.1 Å². The Labute approximate surface area is 161 Å². The number of rotatable bonds is 4. The number of halogens is 3. The molecule has 3 rings (SSSR count). The molecule has 0 atom stereocenters. The molecule has 0 aliphatic carbocycles. The molecule has 6 nitrogen and oxygen atoms in total. The number of para-hydroxylation sites is 1. The summed E-state index contributed by atoms with van der Waals surface area (Å²) in [6, 6.07) is 8.12. The first-order valence-electron chi connectivity index (χ1n) is 8.98. The lowest BCUT2D eigenvalue weighted by molar-refractivity contribution is -0.141. The largest absolute Gasteiger partial charge is 0.435 e. The summed E-state index contributed by atoms with van der Waals surface area (Å²) in [5.41, 5.74) is 1.86. The summed E-state index contributed by atoms with van der Waals surface area (Å²) < 4.78 is 37.7. The zero-order chi connectivity index (χ0) is 20.3. The van der Waals surface area contributed by atoms with Crippen molar-refractivity contribution in [2.45, 2.75) is 20.0 Å². The number of nitrogens with zero attached hydrogens (tertiary/aromatic N) is 4.